The maximum atomic E-state index is 6.04. The molecule has 1 atom stereocenters. The summed E-state index contributed by atoms with van der Waals surface area (Å²) in [5.74, 6) is 1.94. The SMILES string of the molecule is COc1cc(OC)c([C@@H](N)CCN)cc1OC.Cl. The molecule has 0 spiro atoms. The second-order valence-electron chi connectivity index (χ2n) is 3.63. The van der Waals surface area contributed by atoms with E-state index in [1.807, 2.05) is 6.07 Å². The van der Waals surface area contributed by atoms with Crippen molar-refractivity contribution in [3.05, 3.63) is 17.7 Å². The molecule has 0 heterocycles. The third kappa shape index (κ3) is 3.66. The number of nitrogens with two attached hydrogens (primary N) is 2. The van der Waals surface area contributed by atoms with Gasteiger partial charge in [-0.3, -0.25) is 0 Å². The van der Waals surface area contributed by atoms with Gasteiger partial charge in [-0.05, 0) is 19.0 Å². The van der Waals surface area contributed by atoms with Crippen LogP contribution in [0.3, 0.4) is 0 Å². The van der Waals surface area contributed by atoms with E-state index in [4.69, 9.17) is 25.7 Å². The van der Waals surface area contributed by atoms with E-state index in [1.165, 1.54) is 0 Å². The minimum Gasteiger partial charge on any atom is -0.496 e. The second kappa shape index (κ2) is 8.02. The lowest BCUT2D eigenvalue weighted by molar-refractivity contribution is 0.346. The molecule has 0 aliphatic carbocycles. The number of benzene rings is 1. The van der Waals surface area contributed by atoms with E-state index in [9.17, 15) is 0 Å². The van der Waals surface area contributed by atoms with Crippen molar-refractivity contribution in [2.45, 2.75) is 12.5 Å². The molecule has 1 rings (SSSR count). The first kappa shape index (κ1) is 16.8. The number of methoxy groups -OCH3 is 3. The summed E-state index contributed by atoms with van der Waals surface area (Å²) in [4.78, 5) is 0. The Morgan fingerprint density at radius 1 is 1.00 bits per heavy atom. The van der Waals surface area contributed by atoms with Crippen molar-refractivity contribution in [3.63, 3.8) is 0 Å². The lowest BCUT2D eigenvalue weighted by Gasteiger charge is -2.18. The molecule has 5 nitrogen and oxygen atoms in total. The van der Waals surface area contributed by atoms with Gasteiger partial charge in [-0.25, -0.2) is 0 Å². The number of hydrogen-bond acceptors (Lipinski definition) is 5. The molecule has 0 radical (unpaired) electrons. The first-order chi connectivity index (χ1) is 8.17. The van der Waals surface area contributed by atoms with Gasteiger partial charge >= 0.3 is 0 Å². The highest BCUT2D eigenvalue weighted by Gasteiger charge is 2.16. The van der Waals surface area contributed by atoms with Gasteiger partial charge in [0.05, 0.1) is 21.3 Å². The molecule has 0 saturated heterocycles. The van der Waals surface area contributed by atoms with Gasteiger partial charge in [0.2, 0.25) is 0 Å². The molecule has 0 unspecified atom stereocenters. The zero-order valence-electron chi connectivity index (χ0n) is 10.9. The summed E-state index contributed by atoms with van der Waals surface area (Å²) in [6.45, 7) is 0.526. The summed E-state index contributed by atoms with van der Waals surface area (Å²) in [7, 11) is 4.76. The Bertz CT molecular complexity index is 375. The summed E-state index contributed by atoms with van der Waals surface area (Å²) < 4.78 is 15.7. The Hall–Kier alpha value is -1.17. The molecular weight excluding hydrogens is 256 g/mol. The van der Waals surface area contributed by atoms with Crippen LogP contribution in [0.5, 0.6) is 17.2 Å². The molecular formula is C12H21ClN2O3. The lowest BCUT2D eigenvalue weighted by Crippen LogP contribution is -2.16. The van der Waals surface area contributed by atoms with Gasteiger partial charge in [-0.2, -0.15) is 0 Å². The second-order valence-corrected chi connectivity index (χ2v) is 3.63. The fourth-order valence-corrected chi connectivity index (χ4v) is 1.68. The van der Waals surface area contributed by atoms with E-state index in [1.54, 1.807) is 27.4 Å². The normalized spacial score (nSPS) is 11.4. The summed E-state index contributed by atoms with van der Waals surface area (Å²) in [5, 5.41) is 0. The number of ether oxygens (including phenoxy) is 3. The Balaban J connectivity index is 0.00000289. The maximum absolute atomic E-state index is 6.04. The third-order valence-corrected chi connectivity index (χ3v) is 2.61. The van der Waals surface area contributed by atoms with E-state index in [0.717, 1.165) is 5.56 Å². The Labute approximate surface area is 114 Å². The van der Waals surface area contributed by atoms with Gasteiger partial charge in [0.1, 0.15) is 5.75 Å². The van der Waals surface area contributed by atoms with Crippen molar-refractivity contribution in [2.75, 3.05) is 27.9 Å². The van der Waals surface area contributed by atoms with Crippen LogP contribution in [0, 0.1) is 0 Å². The maximum Gasteiger partial charge on any atom is 0.164 e. The van der Waals surface area contributed by atoms with Crippen LogP contribution >= 0.6 is 12.4 Å². The summed E-state index contributed by atoms with van der Waals surface area (Å²) in [5.41, 5.74) is 12.4. The van der Waals surface area contributed by atoms with Crippen LogP contribution in [0.2, 0.25) is 0 Å². The molecule has 0 saturated carbocycles. The molecule has 1 aromatic rings. The fraction of sp³-hybridized carbons (Fsp3) is 0.500. The fourth-order valence-electron chi connectivity index (χ4n) is 1.68. The van der Waals surface area contributed by atoms with Crippen LogP contribution in [0.25, 0.3) is 0 Å². The summed E-state index contributed by atoms with van der Waals surface area (Å²) >= 11 is 0. The van der Waals surface area contributed by atoms with Gasteiger partial charge in [0, 0.05) is 17.7 Å². The minimum absolute atomic E-state index is 0. The minimum atomic E-state index is -0.172. The topological polar surface area (TPSA) is 79.7 Å². The smallest absolute Gasteiger partial charge is 0.164 e. The van der Waals surface area contributed by atoms with E-state index < -0.39 is 0 Å². The molecule has 0 aliphatic rings. The van der Waals surface area contributed by atoms with Crippen LogP contribution in [-0.4, -0.2) is 27.9 Å². The molecule has 0 fully saturated rings. The van der Waals surface area contributed by atoms with E-state index in [2.05, 4.69) is 0 Å². The van der Waals surface area contributed by atoms with Crippen LogP contribution in [-0.2, 0) is 0 Å². The average Bonchev–Trinajstić information content (AvgIpc) is 2.37. The first-order valence-corrected chi connectivity index (χ1v) is 5.43. The molecule has 0 bridgehead atoms. The third-order valence-electron chi connectivity index (χ3n) is 2.61. The van der Waals surface area contributed by atoms with Crippen molar-refractivity contribution in [1.29, 1.82) is 0 Å². The van der Waals surface area contributed by atoms with E-state index >= 15 is 0 Å². The van der Waals surface area contributed by atoms with Crippen molar-refractivity contribution in [2.24, 2.45) is 11.5 Å². The largest absolute Gasteiger partial charge is 0.496 e. The number of rotatable bonds is 6. The van der Waals surface area contributed by atoms with E-state index in [-0.39, 0.29) is 18.4 Å². The standard InChI is InChI=1S/C12H20N2O3.ClH/c1-15-10-7-12(17-3)11(16-2)6-8(10)9(14)4-5-13;/h6-7,9H,4-5,13-14H2,1-3H3;1H/t9-;/m0./s1. The molecule has 4 N–H and O–H groups in total. The molecule has 0 aromatic heterocycles. The highest BCUT2D eigenvalue weighted by Crippen LogP contribution is 2.37. The Kier molecular flexibility index (Phi) is 7.50. The Morgan fingerprint density at radius 3 is 1.94 bits per heavy atom. The molecule has 104 valence electrons. The van der Waals surface area contributed by atoms with Gasteiger partial charge < -0.3 is 25.7 Å². The number of halogens is 1. The van der Waals surface area contributed by atoms with Gasteiger partial charge in [-0.1, -0.05) is 0 Å². The Morgan fingerprint density at radius 2 is 1.50 bits per heavy atom. The van der Waals surface area contributed by atoms with Gasteiger partial charge in [0.25, 0.3) is 0 Å². The zero-order valence-corrected chi connectivity index (χ0v) is 11.8. The first-order valence-electron chi connectivity index (χ1n) is 5.43. The molecule has 0 aliphatic heterocycles. The lowest BCUT2D eigenvalue weighted by atomic mass is 10.0. The average molecular weight is 277 g/mol. The molecule has 0 amide bonds. The van der Waals surface area contributed by atoms with Crippen LogP contribution in [0.1, 0.15) is 18.0 Å². The van der Waals surface area contributed by atoms with Crippen molar-refractivity contribution in [1.82, 2.24) is 0 Å². The van der Waals surface area contributed by atoms with E-state index in [0.29, 0.717) is 30.2 Å². The molecule has 1 aromatic carbocycles. The van der Waals surface area contributed by atoms with Crippen LogP contribution < -0.4 is 25.7 Å². The predicted molar refractivity (Wildman–Crippen MR) is 73.9 cm³/mol. The summed E-state index contributed by atoms with van der Waals surface area (Å²) in [6.07, 6.45) is 0.686. The van der Waals surface area contributed by atoms with Gasteiger partial charge in [0.15, 0.2) is 11.5 Å². The van der Waals surface area contributed by atoms with Crippen molar-refractivity contribution in [3.8, 4) is 17.2 Å². The predicted octanol–water partition coefficient (Wildman–Crippen LogP) is 1.48. The zero-order chi connectivity index (χ0) is 12.8. The summed E-state index contributed by atoms with van der Waals surface area (Å²) in [6, 6.07) is 3.43. The highest BCUT2D eigenvalue weighted by atomic mass is 35.5. The van der Waals surface area contributed by atoms with Crippen molar-refractivity contribution < 1.29 is 14.2 Å². The highest BCUT2D eigenvalue weighted by molar-refractivity contribution is 5.85. The molecule has 18 heavy (non-hydrogen) atoms. The monoisotopic (exact) mass is 276 g/mol. The van der Waals surface area contributed by atoms with Crippen molar-refractivity contribution >= 4 is 12.4 Å². The molecule has 6 heteroatoms. The van der Waals surface area contributed by atoms with Gasteiger partial charge in [-0.15, -0.1) is 12.4 Å². The quantitative estimate of drug-likeness (QED) is 0.823. The van der Waals surface area contributed by atoms with Crippen LogP contribution in [0.15, 0.2) is 12.1 Å². The number of hydrogen-bond donors (Lipinski definition) is 2. The van der Waals surface area contributed by atoms with Crippen LogP contribution in [0.4, 0.5) is 0 Å².